The Morgan fingerprint density at radius 3 is 1.26 bits per heavy atom. The quantitative estimate of drug-likeness (QED) is 0.0693. The maximum atomic E-state index is 13.7. The summed E-state index contributed by atoms with van der Waals surface area (Å²) in [6.45, 7) is 19.1. The minimum absolute atomic E-state index is 0.147. The Kier molecular flexibility index (Phi) is 28.7. The van der Waals surface area contributed by atoms with Crippen LogP contribution in [-0.2, 0) is 9.47 Å². The molecule has 1 N–H and O–H groups in total. The summed E-state index contributed by atoms with van der Waals surface area (Å²) in [6, 6.07) is -0.346. The number of amides is 2. The van der Waals surface area contributed by atoms with Gasteiger partial charge in [-0.25, -0.2) is 9.59 Å². The second-order valence-corrected chi connectivity index (χ2v) is 18.4. The molecule has 0 aromatic carbocycles. The highest BCUT2D eigenvalue weighted by atomic mass is 16.6. The van der Waals surface area contributed by atoms with Gasteiger partial charge in [0.15, 0.2) is 0 Å². The number of alkyl carbamates (subject to hydrolysis) is 1. The van der Waals surface area contributed by atoms with Crippen molar-refractivity contribution in [2.24, 2.45) is 0 Å². The maximum Gasteiger partial charge on any atom is 0.410 e. The van der Waals surface area contributed by atoms with Gasteiger partial charge in [0.25, 0.3) is 0 Å². The second-order valence-electron chi connectivity index (χ2n) is 18.4. The molecule has 314 valence electrons. The van der Waals surface area contributed by atoms with Gasteiger partial charge in [-0.2, -0.15) is 0 Å². The van der Waals surface area contributed by atoms with E-state index in [1.807, 2.05) is 46.4 Å². The highest BCUT2D eigenvalue weighted by Gasteiger charge is 2.41. The Balaban J connectivity index is 2.58. The molecule has 2 amide bonds. The molecule has 2 atom stereocenters. The smallest absolute Gasteiger partial charge is 0.410 e. The highest BCUT2D eigenvalue weighted by molar-refractivity contribution is 5.70. The van der Waals surface area contributed by atoms with Crippen molar-refractivity contribution in [2.45, 2.75) is 258 Å². The first kappa shape index (κ1) is 49.5. The number of carbonyl (C=O) groups excluding carboxylic acids is 2. The number of nitrogens with one attached hydrogen (secondary N) is 1. The predicted molar refractivity (Wildman–Crippen MR) is 227 cm³/mol. The summed E-state index contributed by atoms with van der Waals surface area (Å²) in [5.41, 5.74) is -1.16. The van der Waals surface area contributed by atoms with Gasteiger partial charge in [0.2, 0.25) is 0 Å². The Labute approximate surface area is 330 Å². The molecule has 1 saturated heterocycles. The van der Waals surface area contributed by atoms with Gasteiger partial charge in [-0.05, 0) is 60.9 Å². The van der Waals surface area contributed by atoms with Gasteiger partial charge in [-0.1, -0.05) is 181 Å². The molecule has 0 radical (unpaired) electrons. The lowest BCUT2D eigenvalue weighted by Gasteiger charge is -2.34. The molecule has 0 saturated carbocycles. The third kappa shape index (κ3) is 28.6. The summed E-state index contributed by atoms with van der Waals surface area (Å²) in [6.07, 6.45) is 36.5. The number of nitrogens with zero attached hydrogens (tertiary/aromatic N) is 2. The molecule has 1 aliphatic rings. The van der Waals surface area contributed by atoms with Crippen LogP contribution in [0.5, 0.6) is 0 Å². The third-order valence-corrected chi connectivity index (χ3v) is 10.7. The largest absolute Gasteiger partial charge is 0.444 e. The van der Waals surface area contributed by atoms with Crippen LogP contribution in [0.15, 0.2) is 0 Å². The van der Waals surface area contributed by atoms with Gasteiger partial charge in [0.1, 0.15) is 11.2 Å². The SMILES string of the molecule is CCCCCCCCCCCCCCCCN1CC(NC(=O)OC(C)(C)C)C(N(CCCCCCCCCCCCCCCC)C(=O)OC(C)(C)C)C1. The van der Waals surface area contributed by atoms with Crippen LogP contribution >= 0.6 is 0 Å². The molecule has 1 fully saturated rings. The Morgan fingerprint density at radius 1 is 0.528 bits per heavy atom. The summed E-state index contributed by atoms with van der Waals surface area (Å²) in [5, 5.41) is 3.16. The van der Waals surface area contributed by atoms with Gasteiger partial charge >= 0.3 is 12.2 Å². The summed E-state index contributed by atoms with van der Waals surface area (Å²) >= 11 is 0. The van der Waals surface area contributed by atoms with Gasteiger partial charge in [0, 0.05) is 19.6 Å². The van der Waals surface area contributed by atoms with Crippen LogP contribution in [0, 0.1) is 0 Å². The molecular formula is C46H91N3O4. The number of ether oxygens (including phenoxy) is 2. The van der Waals surface area contributed by atoms with Crippen molar-refractivity contribution in [3.8, 4) is 0 Å². The average molecular weight is 750 g/mol. The van der Waals surface area contributed by atoms with Crippen LogP contribution in [0.4, 0.5) is 9.59 Å². The fraction of sp³-hybridized carbons (Fsp3) is 0.957. The van der Waals surface area contributed by atoms with E-state index < -0.39 is 17.3 Å². The van der Waals surface area contributed by atoms with E-state index in [0.717, 1.165) is 38.9 Å². The van der Waals surface area contributed by atoms with Crippen molar-refractivity contribution < 1.29 is 19.1 Å². The molecule has 0 spiro atoms. The normalized spacial score (nSPS) is 16.6. The van der Waals surface area contributed by atoms with Crippen LogP contribution in [0.2, 0.25) is 0 Å². The summed E-state index contributed by atoms with van der Waals surface area (Å²) < 4.78 is 11.6. The molecule has 0 aromatic heterocycles. The van der Waals surface area contributed by atoms with Crippen molar-refractivity contribution in [3.63, 3.8) is 0 Å². The first-order valence-electron chi connectivity index (χ1n) is 23.1. The fourth-order valence-electron chi connectivity index (χ4n) is 7.68. The number of rotatable bonds is 32. The predicted octanol–water partition coefficient (Wildman–Crippen LogP) is 13.8. The van der Waals surface area contributed by atoms with Crippen molar-refractivity contribution in [3.05, 3.63) is 0 Å². The zero-order valence-corrected chi connectivity index (χ0v) is 36.8. The first-order chi connectivity index (χ1) is 25.4. The number of likely N-dealkylation sites (tertiary alicyclic amines) is 1. The number of hydrogen-bond acceptors (Lipinski definition) is 5. The molecule has 0 bridgehead atoms. The first-order valence-corrected chi connectivity index (χ1v) is 23.1. The van der Waals surface area contributed by atoms with E-state index in [9.17, 15) is 9.59 Å². The van der Waals surface area contributed by atoms with E-state index in [1.165, 1.54) is 161 Å². The number of unbranched alkanes of at least 4 members (excludes halogenated alkanes) is 26. The summed E-state index contributed by atoms with van der Waals surface area (Å²) in [5.74, 6) is 0. The van der Waals surface area contributed by atoms with Crippen LogP contribution in [0.3, 0.4) is 0 Å². The Hall–Kier alpha value is -1.50. The van der Waals surface area contributed by atoms with E-state index in [-0.39, 0.29) is 18.2 Å². The molecule has 7 heteroatoms. The Bertz CT molecular complexity index is 883. The number of carbonyl (C=O) groups is 2. The van der Waals surface area contributed by atoms with Crippen molar-refractivity contribution in [2.75, 3.05) is 26.2 Å². The minimum atomic E-state index is -0.578. The van der Waals surface area contributed by atoms with E-state index in [0.29, 0.717) is 6.54 Å². The Morgan fingerprint density at radius 2 is 0.887 bits per heavy atom. The lowest BCUT2D eigenvalue weighted by molar-refractivity contribution is 0.0124. The monoisotopic (exact) mass is 750 g/mol. The zero-order chi connectivity index (χ0) is 39.2. The molecule has 2 unspecified atom stereocenters. The van der Waals surface area contributed by atoms with Crippen molar-refractivity contribution in [1.82, 2.24) is 15.1 Å². The van der Waals surface area contributed by atoms with E-state index in [4.69, 9.17) is 9.47 Å². The maximum absolute atomic E-state index is 13.7. The van der Waals surface area contributed by atoms with E-state index in [1.54, 1.807) is 0 Å². The van der Waals surface area contributed by atoms with E-state index in [2.05, 4.69) is 24.1 Å². The molecule has 7 nitrogen and oxygen atoms in total. The van der Waals surface area contributed by atoms with Crippen LogP contribution in [0.25, 0.3) is 0 Å². The summed E-state index contributed by atoms with van der Waals surface area (Å²) in [7, 11) is 0. The molecule has 1 heterocycles. The molecular weight excluding hydrogens is 659 g/mol. The van der Waals surface area contributed by atoms with Gasteiger partial charge in [0.05, 0.1) is 12.1 Å². The van der Waals surface area contributed by atoms with Gasteiger partial charge in [-0.15, -0.1) is 0 Å². The van der Waals surface area contributed by atoms with Crippen LogP contribution in [-0.4, -0.2) is 71.5 Å². The van der Waals surface area contributed by atoms with Gasteiger partial charge < -0.3 is 19.7 Å². The lowest BCUT2D eigenvalue weighted by atomic mass is 10.0. The van der Waals surface area contributed by atoms with Crippen molar-refractivity contribution >= 4 is 12.2 Å². The fourth-order valence-corrected chi connectivity index (χ4v) is 7.68. The van der Waals surface area contributed by atoms with E-state index >= 15 is 0 Å². The molecule has 1 aliphatic heterocycles. The molecule has 0 aliphatic carbocycles. The van der Waals surface area contributed by atoms with Crippen LogP contribution in [0.1, 0.15) is 235 Å². The van der Waals surface area contributed by atoms with Crippen molar-refractivity contribution in [1.29, 1.82) is 0 Å². The zero-order valence-electron chi connectivity index (χ0n) is 36.8. The third-order valence-electron chi connectivity index (χ3n) is 10.7. The minimum Gasteiger partial charge on any atom is -0.444 e. The lowest BCUT2D eigenvalue weighted by Crippen LogP contribution is -2.54. The molecule has 53 heavy (non-hydrogen) atoms. The average Bonchev–Trinajstić information content (AvgIpc) is 3.46. The topological polar surface area (TPSA) is 71.1 Å². The van der Waals surface area contributed by atoms with Gasteiger partial charge in [-0.3, -0.25) is 4.90 Å². The summed E-state index contributed by atoms with van der Waals surface area (Å²) in [4.78, 5) is 31.1. The molecule has 0 aromatic rings. The highest BCUT2D eigenvalue weighted by Crippen LogP contribution is 2.23. The van der Waals surface area contributed by atoms with Crippen LogP contribution < -0.4 is 5.32 Å². The number of hydrogen-bond donors (Lipinski definition) is 1. The second kappa shape index (κ2) is 30.7. The molecule has 1 rings (SSSR count). The standard InChI is InChI=1S/C46H91N3O4/c1-9-11-13-15-17-19-21-23-25-27-29-31-33-35-37-48-39-41(47-43(50)52-45(3,4)5)42(40-48)49(44(51)53-46(6,7)8)38-36-34-32-30-28-26-24-22-20-18-16-14-12-10-2/h41-42H,9-40H2,1-8H3,(H,47,50).